The summed E-state index contributed by atoms with van der Waals surface area (Å²) in [6, 6.07) is 15.7. The quantitative estimate of drug-likeness (QED) is 0.668. The fourth-order valence-corrected chi connectivity index (χ4v) is 3.60. The Hall–Kier alpha value is -2.63. The Morgan fingerprint density at radius 3 is 2.18 bits per heavy atom. The minimum Gasteiger partial charge on any atom is -0.369 e. The summed E-state index contributed by atoms with van der Waals surface area (Å²) in [6.45, 7) is 5.77. The summed E-state index contributed by atoms with van der Waals surface area (Å²) in [5, 5.41) is 0.656. The molecule has 6 heteroatoms. The normalized spacial score (nSPS) is 15.0. The number of likely N-dealkylation sites (N-methyl/N-ethyl adjacent to an activating group) is 1. The number of nitrogens with one attached hydrogen (secondary N) is 1. The predicted octanol–water partition coefficient (Wildman–Crippen LogP) is 4.35. The molecule has 0 radical (unpaired) electrons. The van der Waals surface area contributed by atoms with Crippen molar-refractivity contribution in [2.45, 2.75) is 6.92 Å². The lowest BCUT2D eigenvalue weighted by molar-refractivity contribution is 0.101. The molecule has 5 nitrogen and oxygen atoms in total. The van der Waals surface area contributed by atoms with E-state index in [0.717, 1.165) is 37.3 Å². The first kappa shape index (κ1) is 18.7. The van der Waals surface area contributed by atoms with Gasteiger partial charge in [-0.15, -0.1) is 0 Å². The number of ketones is 1. The van der Waals surface area contributed by atoms with Crippen molar-refractivity contribution in [3.05, 3.63) is 59.2 Å². The van der Waals surface area contributed by atoms with Gasteiger partial charge in [0.05, 0.1) is 5.69 Å². The highest BCUT2D eigenvalue weighted by Crippen LogP contribution is 2.28. The molecule has 0 unspecified atom stereocenters. The molecule has 0 bridgehead atoms. The molecule has 3 aromatic rings. The molecular weight excluding hydrogens is 372 g/mol. The predicted molar refractivity (Wildman–Crippen MR) is 114 cm³/mol. The Balaban J connectivity index is 1.63. The average molecular weight is 395 g/mol. The van der Waals surface area contributed by atoms with Crippen molar-refractivity contribution < 1.29 is 4.79 Å². The van der Waals surface area contributed by atoms with E-state index in [0.29, 0.717) is 22.2 Å². The topological polar surface area (TPSA) is 52.2 Å². The molecule has 1 N–H and O–H groups in total. The molecule has 4 rings (SSSR count). The number of imidazole rings is 1. The van der Waals surface area contributed by atoms with Crippen LogP contribution in [-0.4, -0.2) is 53.9 Å². The number of aromatic nitrogens is 2. The molecule has 2 heterocycles. The number of carbonyl (C=O) groups excluding carboxylic acids is 1. The fourth-order valence-electron chi connectivity index (χ4n) is 3.48. The highest BCUT2D eigenvalue weighted by Gasteiger charge is 2.18. The van der Waals surface area contributed by atoms with E-state index >= 15 is 0 Å². The van der Waals surface area contributed by atoms with Gasteiger partial charge in [0.2, 0.25) is 0 Å². The van der Waals surface area contributed by atoms with Crippen molar-refractivity contribution >= 4 is 23.1 Å². The zero-order chi connectivity index (χ0) is 19.7. The summed E-state index contributed by atoms with van der Waals surface area (Å²) in [7, 11) is 2.15. The second-order valence-electron chi connectivity index (χ2n) is 7.21. The van der Waals surface area contributed by atoms with E-state index < -0.39 is 0 Å². The van der Waals surface area contributed by atoms with E-state index in [1.54, 1.807) is 19.1 Å². The van der Waals surface area contributed by atoms with Gasteiger partial charge in [0.15, 0.2) is 5.78 Å². The minimum absolute atomic E-state index is 0.0437. The Kier molecular flexibility index (Phi) is 5.20. The molecule has 0 amide bonds. The van der Waals surface area contributed by atoms with Gasteiger partial charge in [-0.05, 0) is 43.4 Å². The van der Waals surface area contributed by atoms with E-state index in [1.807, 2.05) is 12.1 Å². The highest BCUT2D eigenvalue weighted by molar-refractivity contribution is 6.30. The van der Waals surface area contributed by atoms with E-state index in [9.17, 15) is 4.79 Å². The minimum atomic E-state index is -0.0437. The molecule has 0 saturated carbocycles. The number of hydrogen-bond acceptors (Lipinski definition) is 4. The number of aromatic amines is 1. The first-order valence-corrected chi connectivity index (χ1v) is 9.80. The number of halogens is 1. The van der Waals surface area contributed by atoms with Crippen molar-refractivity contribution in [1.82, 2.24) is 14.9 Å². The Labute approximate surface area is 170 Å². The average Bonchev–Trinajstić information content (AvgIpc) is 3.15. The van der Waals surface area contributed by atoms with Crippen LogP contribution in [0, 0.1) is 0 Å². The molecule has 1 aliphatic heterocycles. The summed E-state index contributed by atoms with van der Waals surface area (Å²) in [5.41, 5.74) is 4.21. The summed E-state index contributed by atoms with van der Waals surface area (Å²) < 4.78 is 0. The van der Waals surface area contributed by atoms with Crippen molar-refractivity contribution in [2.24, 2.45) is 0 Å². The summed E-state index contributed by atoms with van der Waals surface area (Å²) in [6.07, 6.45) is 0. The molecule has 1 fully saturated rings. The largest absolute Gasteiger partial charge is 0.369 e. The zero-order valence-corrected chi connectivity index (χ0v) is 16.8. The van der Waals surface area contributed by atoms with Crippen molar-refractivity contribution in [3.63, 3.8) is 0 Å². The monoisotopic (exact) mass is 394 g/mol. The number of hydrogen-bond donors (Lipinski definition) is 1. The standard InChI is InChI=1S/C22H23ClN4O/c1-15(28)20-21(16-3-7-18(23)8-4-16)25-22(24-20)17-5-9-19(10-6-17)27-13-11-26(2)12-14-27/h3-10H,11-14H2,1-2H3,(H,24,25). The summed E-state index contributed by atoms with van der Waals surface area (Å²) in [4.78, 5) is 24.8. The van der Waals surface area contributed by atoms with Gasteiger partial charge < -0.3 is 14.8 Å². The van der Waals surface area contributed by atoms with E-state index in [-0.39, 0.29) is 5.78 Å². The first-order valence-electron chi connectivity index (χ1n) is 9.42. The Morgan fingerprint density at radius 2 is 1.57 bits per heavy atom. The maximum atomic E-state index is 12.1. The lowest BCUT2D eigenvalue weighted by Gasteiger charge is -2.34. The van der Waals surface area contributed by atoms with Gasteiger partial charge in [-0.1, -0.05) is 23.7 Å². The van der Waals surface area contributed by atoms with Crippen LogP contribution in [0.5, 0.6) is 0 Å². The molecule has 0 atom stereocenters. The van der Waals surface area contributed by atoms with Crippen molar-refractivity contribution in [3.8, 4) is 22.6 Å². The second-order valence-corrected chi connectivity index (χ2v) is 7.65. The number of nitrogens with zero attached hydrogens (tertiary/aromatic N) is 3. The molecule has 0 spiro atoms. The lowest BCUT2D eigenvalue weighted by atomic mass is 10.1. The number of Topliss-reactive ketones (excluding diaryl/α,β-unsaturated/α-hetero) is 1. The number of carbonyl (C=O) groups is 1. The smallest absolute Gasteiger partial charge is 0.178 e. The highest BCUT2D eigenvalue weighted by atomic mass is 35.5. The van der Waals surface area contributed by atoms with Crippen molar-refractivity contribution in [2.75, 3.05) is 38.1 Å². The van der Waals surface area contributed by atoms with Crippen LogP contribution >= 0.6 is 11.6 Å². The van der Waals surface area contributed by atoms with Gasteiger partial charge in [-0.3, -0.25) is 4.79 Å². The number of benzene rings is 2. The van der Waals surface area contributed by atoms with Gasteiger partial charge in [-0.2, -0.15) is 0 Å². The van der Waals surface area contributed by atoms with E-state index in [2.05, 4.69) is 46.1 Å². The molecule has 144 valence electrons. The first-order chi connectivity index (χ1) is 13.5. The molecule has 1 aromatic heterocycles. The van der Waals surface area contributed by atoms with Gasteiger partial charge in [0, 0.05) is 54.9 Å². The van der Waals surface area contributed by atoms with Crippen LogP contribution in [0.4, 0.5) is 5.69 Å². The van der Waals surface area contributed by atoms with Crippen LogP contribution in [0.15, 0.2) is 48.5 Å². The third-order valence-corrected chi connectivity index (χ3v) is 5.43. The molecule has 0 aliphatic carbocycles. The number of rotatable bonds is 4. The summed E-state index contributed by atoms with van der Waals surface area (Å²) in [5.74, 6) is 0.651. The molecule has 1 aliphatic rings. The van der Waals surface area contributed by atoms with E-state index in [4.69, 9.17) is 16.6 Å². The van der Waals surface area contributed by atoms with Crippen LogP contribution in [-0.2, 0) is 0 Å². The molecule has 2 aromatic carbocycles. The molecular formula is C22H23ClN4O. The zero-order valence-electron chi connectivity index (χ0n) is 16.1. The van der Waals surface area contributed by atoms with Crippen LogP contribution in [0.1, 0.15) is 17.4 Å². The molecule has 1 saturated heterocycles. The van der Waals surface area contributed by atoms with E-state index in [1.165, 1.54) is 5.69 Å². The van der Waals surface area contributed by atoms with Gasteiger partial charge in [-0.25, -0.2) is 4.98 Å². The van der Waals surface area contributed by atoms with Crippen LogP contribution in [0.3, 0.4) is 0 Å². The Morgan fingerprint density at radius 1 is 0.964 bits per heavy atom. The van der Waals surface area contributed by atoms with Crippen LogP contribution in [0.2, 0.25) is 5.02 Å². The number of H-pyrrole nitrogens is 1. The maximum absolute atomic E-state index is 12.1. The third-order valence-electron chi connectivity index (χ3n) is 5.18. The van der Waals surface area contributed by atoms with Crippen LogP contribution in [0.25, 0.3) is 22.6 Å². The summed E-state index contributed by atoms with van der Waals surface area (Å²) >= 11 is 5.99. The van der Waals surface area contributed by atoms with Crippen molar-refractivity contribution in [1.29, 1.82) is 0 Å². The fraction of sp³-hybridized carbons (Fsp3) is 0.273. The number of piperazine rings is 1. The van der Waals surface area contributed by atoms with Gasteiger partial charge in [0.25, 0.3) is 0 Å². The van der Waals surface area contributed by atoms with Gasteiger partial charge >= 0.3 is 0 Å². The van der Waals surface area contributed by atoms with Crippen LogP contribution < -0.4 is 4.90 Å². The number of anilines is 1. The third kappa shape index (κ3) is 3.81. The Bertz CT molecular complexity index is 971. The van der Waals surface area contributed by atoms with Gasteiger partial charge in [0.1, 0.15) is 11.5 Å². The molecule has 28 heavy (non-hydrogen) atoms. The maximum Gasteiger partial charge on any atom is 0.178 e. The SMILES string of the molecule is CC(=O)c1[nH]c(-c2ccc(N3CCN(C)CC3)cc2)nc1-c1ccc(Cl)cc1. The second kappa shape index (κ2) is 7.78. The lowest BCUT2D eigenvalue weighted by Crippen LogP contribution is -2.44.